The van der Waals surface area contributed by atoms with Gasteiger partial charge in [0, 0.05) is 48.9 Å². The number of piperazine rings is 1. The predicted octanol–water partition coefficient (Wildman–Crippen LogP) is 3.08. The fraction of sp³-hybridized carbons (Fsp3) is 0.500. The van der Waals surface area contributed by atoms with E-state index in [1.807, 2.05) is 30.0 Å². The van der Waals surface area contributed by atoms with Crippen LogP contribution >= 0.6 is 0 Å². The van der Waals surface area contributed by atoms with E-state index in [0.717, 1.165) is 42.5 Å². The summed E-state index contributed by atoms with van der Waals surface area (Å²) in [6, 6.07) is 10.3. The number of fused-ring (bicyclic) bond motifs is 1. The van der Waals surface area contributed by atoms with Gasteiger partial charge < -0.3 is 14.9 Å². The Morgan fingerprint density at radius 3 is 2.54 bits per heavy atom. The lowest BCUT2D eigenvalue weighted by molar-refractivity contribution is -0.145. The number of nitrogens with zero attached hydrogens (tertiary/aromatic N) is 3. The second-order valence-corrected chi connectivity index (χ2v) is 8.01. The number of amides is 1. The summed E-state index contributed by atoms with van der Waals surface area (Å²) < 4.78 is 0. The molecule has 2 atom stereocenters. The third-order valence-electron chi connectivity index (χ3n) is 6.13. The average Bonchev–Trinajstić information content (AvgIpc) is 2.73. The molecule has 1 saturated heterocycles. The van der Waals surface area contributed by atoms with Crippen molar-refractivity contribution in [3.05, 3.63) is 36.0 Å². The van der Waals surface area contributed by atoms with Crippen LogP contribution in [0.2, 0.25) is 0 Å². The number of hydrogen-bond donors (Lipinski definition) is 1. The molecule has 2 aliphatic rings. The molecule has 0 radical (unpaired) electrons. The van der Waals surface area contributed by atoms with E-state index in [2.05, 4.69) is 22.0 Å². The van der Waals surface area contributed by atoms with Crippen LogP contribution in [0.25, 0.3) is 10.9 Å². The Hall–Kier alpha value is -2.63. The molecule has 6 heteroatoms. The van der Waals surface area contributed by atoms with Crippen molar-refractivity contribution >= 4 is 28.5 Å². The summed E-state index contributed by atoms with van der Waals surface area (Å²) in [4.78, 5) is 33.1. The Kier molecular flexibility index (Phi) is 5.20. The summed E-state index contributed by atoms with van der Waals surface area (Å²) >= 11 is 0. The summed E-state index contributed by atoms with van der Waals surface area (Å²) in [5.41, 5.74) is 3.17. The predicted molar refractivity (Wildman–Crippen MR) is 108 cm³/mol. The summed E-state index contributed by atoms with van der Waals surface area (Å²) in [6.07, 6.45) is 2.83. The van der Waals surface area contributed by atoms with Gasteiger partial charge in [0.15, 0.2) is 0 Å². The molecule has 1 N–H and O–H groups in total. The molecule has 1 amide bonds. The first-order valence-corrected chi connectivity index (χ1v) is 10.2. The third kappa shape index (κ3) is 3.68. The SMILES string of the molecule is Cc1cc(N2CCN(C(=O)[C@@H]3CCC[C@H](C(=O)O)C3)CC2)c2ccccc2n1. The number of pyridine rings is 1. The quantitative estimate of drug-likeness (QED) is 0.884. The van der Waals surface area contributed by atoms with Gasteiger partial charge in [0.05, 0.1) is 11.4 Å². The van der Waals surface area contributed by atoms with Crippen LogP contribution in [0.15, 0.2) is 30.3 Å². The topological polar surface area (TPSA) is 73.7 Å². The van der Waals surface area contributed by atoms with Crippen LogP contribution in [-0.4, -0.2) is 53.0 Å². The van der Waals surface area contributed by atoms with E-state index in [9.17, 15) is 14.7 Å². The van der Waals surface area contributed by atoms with E-state index in [4.69, 9.17) is 0 Å². The van der Waals surface area contributed by atoms with E-state index >= 15 is 0 Å². The smallest absolute Gasteiger partial charge is 0.306 e. The molecule has 1 aromatic heterocycles. The molecule has 2 heterocycles. The number of aryl methyl sites for hydroxylation is 1. The lowest BCUT2D eigenvalue weighted by atomic mass is 9.80. The van der Waals surface area contributed by atoms with Gasteiger partial charge in [0.2, 0.25) is 5.91 Å². The number of aromatic nitrogens is 1. The first kappa shape index (κ1) is 18.7. The number of anilines is 1. The minimum absolute atomic E-state index is 0.134. The largest absolute Gasteiger partial charge is 0.481 e. The summed E-state index contributed by atoms with van der Waals surface area (Å²) in [6.45, 7) is 4.95. The average molecular weight is 381 g/mol. The molecule has 148 valence electrons. The van der Waals surface area contributed by atoms with Crippen LogP contribution in [0.1, 0.15) is 31.4 Å². The molecular formula is C22H27N3O3. The first-order valence-electron chi connectivity index (χ1n) is 10.2. The fourth-order valence-electron chi connectivity index (χ4n) is 4.61. The van der Waals surface area contributed by atoms with Crippen molar-refractivity contribution in [2.75, 3.05) is 31.1 Å². The van der Waals surface area contributed by atoms with E-state index in [1.165, 1.54) is 5.69 Å². The molecule has 2 fully saturated rings. The molecule has 1 aliphatic carbocycles. The number of hydrogen-bond acceptors (Lipinski definition) is 4. The lowest BCUT2D eigenvalue weighted by Gasteiger charge is -2.39. The highest BCUT2D eigenvalue weighted by Crippen LogP contribution is 2.32. The maximum Gasteiger partial charge on any atom is 0.306 e. The maximum atomic E-state index is 12.9. The van der Waals surface area contributed by atoms with Gasteiger partial charge in [-0.1, -0.05) is 24.6 Å². The molecule has 1 saturated carbocycles. The number of para-hydroxylation sites is 1. The lowest BCUT2D eigenvalue weighted by Crippen LogP contribution is -2.51. The summed E-state index contributed by atoms with van der Waals surface area (Å²) in [5, 5.41) is 10.4. The van der Waals surface area contributed by atoms with E-state index in [1.54, 1.807) is 0 Å². The van der Waals surface area contributed by atoms with Crippen LogP contribution in [0.4, 0.5) is 5.69 Å². The van der Waals surface area contributed by atoms with Gasteiger partial charge in [0.1, 0.15) is 0 Å². The van der Waals surface area contributed by atoms with Crippen LogP contribution < -0.4 is 4.90 Å². The molecule has 0 bridgehead atoms. The van der Waals surface area contributed by atoms with Gasteiger partial charge in [-0.2, -0.15) is 0 Å². The number of carboxylic acids is 1. The highest BCUT2D eigenvalue weighted by Gasteiger charge is 2.34. The summed E-state index contributed by atoms with van der Waals surface area (Å²) in [7, 11) is 0. The van der Waals surface area contributed by atoms with Crippen molar-refractivity contribution in [1.82, 2.24) is 9.88 Å². The molecular weight excluding hydrogens is 354 g/mol. The van der Waals surface area contributed by atoms with E-state index < -0.39 is 5.97 Å². The Labute approximate surface area is 165 Å². The van der Waals surface area contributed by atoms with Crippen LogP contribution in [0, 0.1) is 18.8 Å². The highest BCUT2D eigenvalue weighted by atomic mass is 16.4. The van der Waals surface area contributed by atoms with Crippen LogP contribution in [-0.2, 0) is 9.59 Å². The number of benzene rings is 1. The molecule has 4 rings (SSSR count). The van der Waals surface area contributed by atoms with Crippen molar-refractivity contribution in [2.24, 2.45) is 11.8 Å². The molecule has 0 spiro atoms. The number of carboxylic acid groups (broad SMARTS) is 1. The zero-order chi connectivity index (χ0) is 19.7. The summed E-state index contributed by atoms with van der Waals surface area (Å²) in [5.74, 6) is -1.12. The molecule has 1 aromatic carbocycles. The van der Waals surface area contributed by atoms with Crippen molar-refractivity contribution in [3.8, 4) is 0 Å². The second-order valence-electron chi connectivity index (χ2n) is 8.01. The Bertz CT molecular complexity index is 890. The standard InChI is InChI=1S/C22H27N3O3/c1-15-13-20(18-7-2-3-8-19(18)23-15)24-9-11-25(12-10-24)21(26)16-5-4-6-17(14-16)22(27)28/h2-3,7-8,13,16-17H,4-6,9-12,14H2,1H3,(H,27,28)/t16-,17+/m1/s1. The van der Waals surface area contributed by atoms with Crippen molar-refractivity contribution < 1.29 is 14.7 Å². The number of rotatable bonds is 3. The van der Waals surface area contributed by atoms with Gasteiger partial charge in [-0.15, -0.1) is 0 Å². The normalized spacial score (nSPS) is 23.0. The van der Waals surface area contributed by atoms with Gasteiger partial charge in [-0.25, -0.2) is 0 Å². The number of carbonyl (C=O) groups excluding carboxylic acids is 1. The molecule has 0 unspecified atom stereocenters. The Morgan fingerprint density at radius 2 is 1.79 bits per heavy atom. The fourth-order valence-corrected chi connectivity index (χ4v) is 4.61. The van der Waals surface area contributed by atoms with Crippen LogP contribution in [0.3, 0.4) is 0 Å². The zero-order valence-corrected chi connectivity index (χ0v) is 16.3. The van der Waals surface area contributed by atoms with E-state index in [-0.39, 0.29) is 17.7 Å². The highest BCUT2D eigenvalue weighted by molar-refractivity contribution is 5.92. The van der Waals surface area contributed by atoms with Gasteiger partial charge in [-0.05, 0) is 38.3 Å². The number of aliphatic carboxylic acids is 1. The monoisotopic (exact) mass is 381 g/mol. The first-order chi connectivity index (χ1) is 13.5. The molecule has 6 nitrogen and oxygen atoms in total. The Balaban J connectivity index is 1.44. The van der Waals surface area contributed by atoms with Gasteiger partial charge in [0.25, 0.3) is 0 Å². The third-order valence-corrected chi connectivity index (χ3v) is 6.13. The Morgan fingerprint density at radius 1 is 1.07 bits per heavy atom. The maximum absolute atomic E-state index is 12.9. The molecule has 28 heavy (non-hydrogen) atoms. The number of carbonyl (C=O) groups is 2. The van der Waals surface area contributed by atoms with Crippen LogP contribution in [0.5, 0.6) is 0 Å². The minimum Gasteiger partial charge on any atom is -0.481 e. The zero-order valence-electron chi connectivity index (χ0n) is 16.3. The minimum atomic E-state index is -0.762. The second kappa shape index (κ2) is 7.78. The van der Waals surface area contributed by atoms with Gasteiger partial charge in [-0.3, -0.25) is 14.6 Å². The van der Waals surface area contributed by atoms with Gasteiger partial charge >= 0.3 is 5.97 Å². The van der Waals surface area contributed by atoms with E-state index in [0.29, 0.717) is 25.9 Å². The van der Waals surface area contributed by atoms with Crippen molar-refractivity contribution in [1.29, 1.82) is 0 Å². The molecule has 1 aliphatic heterocycles. The van der Waals surface area contributed by atoms with Crippen molar-refractivity contribution in [3.63, 3.8) is 0 Å². The molecule has 2 aromatic rings. The van der Waals surface area contributed by atoms with Crippen molar-refractivity contribution in [2.45, 2.75) is 32.6 Å².